The van der Waals surface area contributed by atoms with Crippen LogP contribution >= 0.6 is 0 Å². The lowest BCUT2D eigenvalue weighted by molar-refractivity contribution is -0.133. The van der Waals surface area contributed by atoms with Gasteiger partial charge in [-0.25, -0.2) is 0 Å². The third-order valence-electron chi connectivity index (χ3n) is 5.74. The van der Waals surface area contributed by atoms with Crippen LogP contribution in [0.4, 0.5) is 0 Å². The van der Waals surface area contributed by atoms with Gasteiger partial charge in [0, 0.05) is 6.04 Å². The minimum absolute atomic E-state index is 0.0757. The van der Waals surface area contributed by atoms with Crippen molar-refractivity contribution in [1.29, 1.82) is 0 Å². The van der Waals surface area contributed by atoms with Crippen LogP contribution in [0, 0.1) is 12.8 Å². The van der Waals surface area contributed by atoms with Crippen LogP contribution in [-0.4, -0.2) is 22.4 Å². The average molecular weight is 284 g/mol. The minimum Gasteiger partial charge on any atom is -0.318 e. The molecule has 4 rings (SSSR count). The SMILES string of the molecule is Cc1ccccc1C1NC2(CC2)C(=O)N1C1CCCC1C. The van der Waals surface area contributed by atoms with Crippen LogP contribution in [0.1, 0.15) is 56.3 Å². The summed E-state index contributed by atoms with van der Waals surface area (Å²) >= 11 is 0. The molecule has 1 amide bonds. The first-order chi connectivity index (χ1) is 10.1. The number of benzene rings is 1. The van der Waals surface area contributed by atoms with Crippen molar-refractivity contribution in [1.82, 2.24) is 10.2 Å². The highest BCUT2D eigenvalue weighted by Gasteiger charge is 2.61. The first-order valence-electron chi connectivity index (χ1n) is 8.28. The molecule has 3 atom stereocenters. The third-order valence-corrected chi connectivity index (χ3v) is 5.74. The number of aryl methyl sites for hydroxylation is 1. The topological polar surface area (TPSA) is 32.3 Å². The van der Waals surface area contributed by atoms with Gasteiger partial charge in [0.15, 0.2) is 0 Å². The Morgan fingerprint density at radius 3 is 2.62 bits per heavy atom. The Labute approximate surface area is 126 Å². The van der Waals surface area contributed by atoms with Crippen molar-refractivity contribution in [2.75, 3.05) is 0 Å². The summed E-state index contributed by atoms with van der Waals surface area (Å²) in [6.07, 6.45) is 5.75. The Morgan fingerprint density at radius 2 is 2.00 bits per heavy atom. The van der Waals surface area contributed by atoms with Crippen LogP contribution < -0.4 is 5.32 Å². The van der Waals surface area contributed by atoms with Gasteiger partial charge in [-0.05, 0) is 49.7 Å². The van der Waals surface area contributed by atoms with Crippen LogP contribution in [0.2, 0.25) is 0 Å². The fourth-order valence-corrected chi connectivity index (χ4v) is 4.24. The number of hydrogen-bond donors (Lipinski definition) is 1. The number of rotatable bonds is 2. The minimum atomic E-state index is -0.227. The molecule has 1 aromatic rings. The Hall–Kier alpha value is -1.35. The molecular formula is C18H24N2O. The second-order valence-electron chi connectivity index (χ2n) is 7.17. The third kappa shape index (κ3) is 1.94. The van der Waals surface area contributed by atoms with E-state index in [-0.39, 0.29) is 11.7 Å². The van der Waals surface area contributed by atoms with E-state index in [1.807, 2.05) is 0 Å². The number of nitrogens with zero attached hydrogens (tertiary/aromatic N) is 1. The van der Waals surface area contributed by atoms with Gasteiger partial charge in [-0.3, -0.25) is 10.1 Å². The molecule has 3 nitrogen and oxygen atoms in total. The maximum absolute atomic E-state index is 13.0. The zero-order valence-electron chi connectivity index (χ0n) is 12.9. The summed E-state index contributed by atoms with van der Waals surface area (Å²) in [5.41, 5.74) is 2.32. The highest BCUT2D eigenvalue weighted by molar-refractivity contribution is 5.92. The largest absolute Gasteiger partial charge is 0.318 e. The van der Waals surface area contributed by atoms with E-state index < -0.39 is 0 Å². The number of amides is 1. The normalized spacial score (nSPS) is 33.9. The van der Waals surface area contributed by atoms with Gasteiger partial charge >= 0.3 is 0 Å². The van der Waals surface area contributed by atoms with Gasteiger partial charge < -0.3 is 4.90 Å². The van der Waals surface area contributed by atoms with Crippen molar-refractivity contribution in [3.8, 4) is 0 Å². The summed E-state index contributed by atoms with van der Waals surface area (Å²) in [6, 6.07) is 8.90. The lowest BCUT2D eigenvalue weighted by Crippen LogP contribution is -2.42. The van der Waals surface area contributed by atoms with Crippen LogP contribution in [0.5, 0.6) is 0 Å². The molecule has 1 saturated heterocycles. The molecule has 112 valence electrons. The molecule has 21 heavy (non-hydrogen) atoms. The second kappa shape index (κ2) is 4.57. The van der Waals surface area contributed by atoms with Crippen LogP contribution in [-0.2, 0) is 4.79 Å². The Morgan fingerprint density at radius 1 is 1.24 bits per heavy atom. The van der Waals surface area contributed by atoms with Gasteiger partial charge in [0.2, 0.25) is 5.91 Å². The molecule has 0 bridgehead atoms. The summed E-state index contributed by atoms with van der Waals surface area (Å²) in [7, 11) is 0. The predicted octanol–water partition coefficient (Wildman–Crippen LogP) is 3.15. The van der Waals surface area contributed by atoms with Gasteiger partial charge in [0.25, 0.3) is 0 Å². The molecule has 3 fully saturated rings. The zero-order valence-corrected chi connectivity index (χ0v) is 12.9. The molecule has 3 unspecified atom stereocenters. The van der Waals surface area contributed by atoms with E-state index in [1.54, 1.807) is 0 Å². The van der Waals surface area contributed by atoms with E-state index in [4.69, 9.17) is 0 Å². The summed E-state index contributed by atoms with van der Waals surface area (Å²) in [5, 5.41) is 3.67. The first kappa shape index (κ1) is 13.3. The van der Waals surface area contributed by atoms with E-state index in [1.165, 1.54) is 24.0 Å². The number of hydrogen-bond acceptors (Lipinski definition) is 2. The van der Waals surface area contributed by atoms with Crippen molar-refractivity contribution < 1.29 is 4.79 Å². The molecule has 3 heteroatoms. The van der Waals surface area contributed by atoms with Crippen LogP contribution in [0.15, 0.2) is 24.3 Å². The highest BCUT2D eigenvalue weighted by atomic mass is 16.2. The summed E-state index contributed by atoms with van der Waals surface area (Å²) in [6.45, 7) is 4.45. The molecule has 1 N–H and O–H groups in total. The van der Waals surface area contributed by atoms with Crippen molar-refractivity contribution in [3.63, 3.8) is 0 Å². The van der Waals surface area contributed by atoms with E-state index in [9.17, 15) is 4.79 Å². The number of nitrogens with one attached hydrogen (secondary N) is 1. The lowest BCUT2D eigenvalue weighted by Gasteiger charge is -2.33. The van der Waals surface area contributed by atoms with Crippen LogP contribution in [0.25, 0.3) is 0 Å². The first-order valence-corrected chi connectivity index (χ1v) is 8.28. The molecule has 3 aliphatic rings. The maximum Gasteiger partial charge on any atom is 0.244 e. The molecule has 1 heterocycles. The van der Waals surface area contributed by atoms with Gasteiger partial charge in [-0.1, -0.05) is 37.6 Å². The molecule has 0 radical (unpaired) electrons. The summed E-state index contributed by atoms with van der Waals surface area (Å²) < 4.78 is 0. The fourth-order valence-electron chi connectivity index (χ4n) is 4.24. The lowest BCUT2D eigenvalue weighted by atomic mass is 10.0. The molecule has 0 aromatic heterocycles. The van der Waals surface area contributed by atoms with E-state index in [0.717, 1.165) is 19.3 Å². The average Bonchev–Trinajstić information content (AvgIpc) is 3.06. The molecule has 1 aromatic carbocycles. The number of carbonyl (C=O) groups is 1. The van der Waals surface area contributed by atoms with Crippen molar-refractivity contribution in [2.45, 2.75) is 63.7 Å². The molecule has 1 spiro atoms. The molecule has 2 aliphatic carbocycles. The summed E-state index contributed by atoms with van der Waals surface area (Å²) in [4.78, 5) is 15.2. The van der Waals surface area contributed by atoms with E-state index in [2.05, 4.69) is 48.3 Å². The van der Waals surface area contributed by atoms with Crippen molar-refractivity contribution >= 4 is 5.91 Å². The van der Waals surface area contributed by atoms with Crippen molar-refractivity contribution in [2.24, 2.45) is 5.92 Å². The Kier molecular flexibility index (Phi) is 2.90. The van der Waals surface area contributed by atoms with Gasteiger partial charge in [0.05, 0.1) is 0 Å². The molecule has 1 aliphatic heterocycles. The van der Waals surface area contributed by atoms with Gasteiger partial charge in [-0.2, -0.15) is 0 Å². The predicted molar refractivity (Wildman–Crippen MR) is 82.7 cm³/mol. The quantitative estimate of drug-likeness (QED) is 0.905. The van der Waals surface area contributed by atoms with Gasteiger partial charge in [-0.15, -0.1) is 0 Å². The monoisotopic (exact) mass is 284 g/mol. The van der Waals surface area contributed by atoms with Crippen molar-refractivity contribution in [3.05, 3.63) is 35.4 Å². The van der Waals surface area contributed by atoms with E-state index >= 15 is 0 Å². The zero-order chi connectivity index (χ0) is 14.6. The fraction of sp³-hybridized carbons (Fsp3) is 0.611. The Bertz CT molecular complexity index is 578. The molecule has 2 saturated carbocycles. The molecular weight excluding hydrogens is 260 g/mol. The smallest absolute Gasteiger partial charge is 0.244 e. The summed E-state index contributed by atoms with van der Waals surface area (Å²) in [5.74, 6) is 0.977. The van der Waals surface area contributed by atoms with Gasteiger partial charge in [0.1, 0.15) is 11.7 Å². The maximum atomic E-state index is 13.0. The second-order valence-corrected chi connectivity index (χ2v) is 7.17. The van der Waals surface area contributed by atoms with Crippen LogP contribution in [0.3, 0.4) is 0 Å². The Balaban J connectivity index is 1.74. The number of carbonyl (C=O) groups excluding carboxylic acids is 1. The highest BCUT2D eigenvalue weighted by Crippen LogP contribution is 2.49. The van der Waals surface area contributed by atoms with E-state index in [0.29, 0.717) is 17.9 Å². The standard InChI is InChI=1S/C18H24N2O/c1-12-6-3-4-8-14(12)16-19-18(10-11-18)17(21)20(16)15-9-5-7-13(15)2/h3-4,6,8,13,15-16,19H,5,7,9-11H2,1-2H3.